The van der Waals surface area contributed by atoms with Gasteiger partial charge in [-0.15, -0.1) is 0 Å². The number of methoxy groups -OCH3 is 1. The van der Waals surface area contributed by atoms with Gasteiger partial charge in [0.2, 0.25) is 0 Å². The zero-order valence-electron chi connectivity index (χ0n) is 13.1. The zero-order valence-corrected chi connectivity index (χ0v) is 14.0. The molecular weight excluding hydrogens is 310 g/mol. The molecule has 2 amide bonds. The Bertz CT molecular complexity index is 873. The third-order valence-electron chi connectivity index (χ3n) is 3.63. The molecule has 0 aliphatic heterocycles. The van der Waals surface area contributed by atoms with E-state index in [4.69, 9.17) is 4.74 Å². The maximum atomic E-state index is 12.1. The van der Waals surface area contributed by atoms with Crippen LogP contribution < -0.4 is 15.4 Å². The quantitative estimate of drug-likeness (QED) is 0.741. The van der Waals surface area contributed by atoms with E-state index in [1.165, 1.54) is 16.9 Å². The number of nitrogens with zero attached hydrogens (tertiary/aromatic N) is 1. The van der Waals surface area contributed by atoms with Gasteiger partial charge < -0.3 is 10.1 Å². The molecule has 1 heterocycles. The van der Waals surface area contributed by atoms with Gasteiger partial charge in [-0.3, -0.25) is 5.32 Å². The summed E-state index contributed by atoms with van der Waals surface area (Å²) in [5.41, 5.74) is 3.93. The van der Waals surface area contributed by atoms with Crippen molar-refractivity contribution in [2.75, 3.05) is 17.7 Å². The fraction of sp³-hybridized carbons (Fsp3) is 0.176. The lowest BCUT2D eigenvalue weighted by molar-refractivity contribution is 0.262. The summed E-state index contributed by atoms with van der Waals surface area (Å²) in [5, 5.41) is 6.13. The monoisotopic (exact) mass is 327 g/mol. The van der Waals surface area contributed by atoms with Gasteiger partial charge in [0, 0.05) is 11.8 Å². The summed E-state index contributed by atoms with van der Waals surface area (Å²) in [4.78, 5) is 16.6. The predicted molar refractivity (Wildman–Crippen MR) is 94.7 cm³/mol. The molecular formula is C17H17N3O2S. The second kappa shape index (κ2) is 6.26. The molecule has 0 saturated heterocycles. The molecule has 23 heavy (non-hydrogen) atoms. The van der Waals surface area contributed by atoms with Crippen LogP contribution in [0.2, 0.25) is 0 Å². The number of aryl methyl sites for hydroxylation is 2. The van der Waals surface area contributed by atoms with E-state index in [-0.39, 0.29) is 6.03 Å². The van der Waals surface area contributed by atoms with E-state index in [0.29, 0.717) is 16.6 Å². The molecule has 0 bridgehead atoms. The van der Waals surface area contributed by atoms with Crippen LogP contribution in [0.4, 0.5) is 15.6 Å². The van der Waals surface area contributed by atoms with Crippen LogP contribution in [0.25, 0.3) is 10.2 Å². The molecule has 118 valence electrons. The van der Waals surface area contributed by atoms with Crippen molar-refractivity contribution in [3.05, 3.63) is 47.5 Å². The Balaban J connectivity index is 1.76. The maximum Gasteiger partial charge on any atom is 0.325 e. The van der Waals surface area contributed by atoms with Crippen molar-refractivity contribution in [1.29, 1.82) is 0 Å². The van der Waals surface area contributed by atoms with Crippen molar-refractivity contribution in [2.24, 2.45) is 0 Å². The van der Waals surface area contributed by atoms with Crippen molar-refractivity contribution < 1.29 is 9.53 Å². The minimum Gasteiger partial charge on any atom is -0.497 e. The number of hydrogen-bond acceptors (Lipinski definition) is 4. The second-order valence-electron chi connectivity index (χ2n) is 5.18. The number of anilines is 2. The highest BCUT2D eigenvalue weighted by atomic mass is 32.1. The number of amides is 2. The Morgan fingerprint density at radius 2 is 2.00 bits per heavy atom. The molecule has 0 aliphatic carbocycles. The molecule has 0 fully saturated rings. The summed E-state index contributed by atoms with van der Waals surface area (Å²) in [6.07, 6.45) is 0. The Kier molecular flexibility index (Phi) is 4.16. The highest BCUT2D eigenvalue weighted by Crippen LogP contribution is 2.29. The van der Waals surface area contributed by atoms with Crippen molar-refractivity contribution in [3.63, 3.8) is 0 Å². The van der Waals surface area contributed by atoms with Gasteiger partial charge in [-0.05, 0) is 43.2 Å². The van der Waals surface area contributed by atoms with Crippen molar-refractivity contribution >= 4 is 38.4 Å². The van der Waals surface area contributed by atoms with Crippen LogP contribution in [0.15, 0.2) is 36.4 Å². The summed E-state index contributed by atoms with van der Waals surface area (Å²) in [6, 6.07) is 11.0. The number of ether oxygens (including phenoxy) is 1. The zero-order chi connectivity index (χ0) is 16.4. The normalized spacial score (nSPS) is 10.6. The van der Waals surface area contributed by atoms with Gasteiger partial charge in [-0.1, -0.05) is 23.5 Å². The van der Waals surface area contributed by atoms with Crippen LogP contribution in [0, 0.1) is 13.8 Å². The van der Waals surface area contributed by atoms with Crippen LogP contribution in [0.5, 0.6) is 5.75 Å². The number of carbonyl (C=O) groups excluding carboxylic acids is 1. The first-order chi connectivity index (χ1) is 11.1. The molecule has 0 saturated carbocycles. The number of benzene rings is 2. The Morgan fingerprint density at radius 3 is 2.78 bits per heavy atom. The second-order valence-corrected chi connectivity index (χ2v) is 6.21. The van der Waals surface area contributed by atoms with E-state index in [1.807, 2.05) is 25.1 Å². The van der Waals surface area contributed by atoms with Crippen molar-refractivity contribution in [2.45, 2.75) is 13.8 Å². The summed E-state index contributed by atoms with van der Waals surface area (Å²) in [5.74, 6) is 0.689. The minimum atomic E-state index is -0.327. The number of carbonyl (C=O) groups is 1. The number of rotatable bonds is 3. The summed E-state index contributed by atoms with van der Waals surface area (Å²) >= 11 is 1.46. The summed E-state index contributed by atoms with van der Waals surface area (Å²) in [7, 11) is 1.59. The molecule has 3 rings (SSSR count). The average Bonchev–Trinajstić information content (AvgIpc) is 2.94. The maximum absolute atomic E-state index is 12.1. The standard InChI is InChI=1S/C17H17N3O2S/c1-10-7-8-14-15(11(10)2)19-17(23-14)20-16(21)18-12-5-4-6-13(9-12)22-3/h4-9H,1-3H3,(H2,18,19,20,21). The van der Waals surface area contributed by atoms with Crippen LogP contribution in [0.1, 0.15) is 11.1 Å². The lowest BCUT2D eigenvalue weighted by Crippen LogP contribution is -2.19. The molecule has 5 nitrogen and oxygen atoms in total. The van der Waals surface area contributed by atoms with Crippen LogP contribution in [0.3, 0.4) is 0 Å². The number of nitrogens with one attached hydrogen (secondary N) is 2. The molecule has 0 unspecified atom stereocenters. The largest absolute Gasteiger partial charge is 0.497 e. The lowest BCUT2D eigenvalue weighted by atomic mass is 10.1. The Labute approximate surface area is 138 Å². The first kappa shape index (κ1) is 15.3. The van der Waals surface area contributed by atoms with Crippen molar-refractivity contribution in [3.8, 4) is 5.75 Å². The molecule has 3 aromatic rings. The van der Waals surface area contributed by atoms with Gasteiger partial charge in [0.25, 0.3) is 0 Å². The van der Waals surface area contributed by atoms with E-state index >= 15 is 0 Å². The van der Waals surface area contributed by atoms with E-state index < -0.39 is 0 Å². The minimum absolute atomic E-state index is 0.327. The lowest BCUT2D eigenvalue weighted by Gasteiger charge is -2.06. The van der Waals surface area contributed by atoms with Gasteiger partial charge in [0.15, 0.2) is 5.13 Å². The number of aromatic nitrogens is 1. The van der Waals surface area contributed by atoms with Gasteiger partial charge in [0.05, 0.1) is 17.3 Å². The smallest absolute Gasteiger partial charge is 0.325 e. The number of urea groups is 1. The predicted octanol–water partition coefficient (Wildman–Crippen LogP) is 4.57. The third-order valence-corrected chi connectivity index (χ3v) is 4.57. The summed E-state index contributed by atoms with van der Waals surface area (Å²) in [6.45, 7) is 4.09. The van der Waals surface area contributed by atoms with Gasteiger partial charge in [-0.25, -0.2) is 9.78 Å². The fourth-order valence-corrected chi connectivity index (χ4v) is 3.16. The number of fused-ring (bicyclic) bond motifs is 1. The summed E-state index contributed by atoms with van der Waals surface area (Å²) < 4.78 is 6.20. The molecule has 0 atom stereocenters. The van der Waals surface area contributed by atoms with Crippen LogP contribution >= 0.6 is 11.3 Å². The highest BCUT2D eigenvalue weighted by Gasteiger charge is 2.10. The molecule has 2 N–H and O–H groups in total. The topological polar surface area (TPSA) is 63.2 Å². The molecule has 0 radical (unpaired) electrons. The van der Waals surface area contributed by atoms with Gasteiger partial charge in [0.1, 0.15) is 5.75 Å². The van der Waals surface area contributed by atoms with Crippen molar-refractivity contribution in [1.82, 2.24) is 4.98 Å². The van der Waals surface area contributed by atoms with Gasteiger partial charge >= 0.3 is 6.03 Å². The Morgan fingerprint density at radius 1 is 1.17 bits per heavy atom. The van der Waals surface area contributed by atoms with Gasteiger partial charge in [-0.2, -0.15) is 0 Å². The molecule has 6 heteroatoms. The molecule has 1 aromatic heterocycles. The van der Waals surface area contributed by atoms with E-state index in [1.54, 1.807) is 19.2 Å². The van der Waals surface area contributed by atoms with E-state index in [2.05, 4.69) is 28.6 Å². The van der Waals surface area contributed by atoms with Crippen LogP contribution in [-0.4, -0.2) is 18.1 Å². The third kappa shape index (κ3) is 3.27. The first-order valence-corrected chi connectivity index (χ1v) is 7.97. The fourth-order valence-electron chi connectivity index (χ4n) is 2.24. The molecule has 2 aromatic carbocycles. The van der Waals surface area contributed by atoms with E-state index in [9.17, 15) is 4.79 Å². The number of thiazole rings is 1. The number of hydrogen-bond donors (Lipinski definition) is 2. The first-order valence-electron chi connectivity index (χ1n) is 7.15. The average molecular weight is 327 g/mol. The van der Waals surface area contributed by atoms with E-state index in [0.717, 1.165) is 15.8 Å². The molecule has 0 aliphatic rings. The highest BCUT2D eigenvalue weighted by molar-refractivity contribution is 7.22. The molecule has 0 spiro atoms. The SMILES string of the molecule is COc1cccc(NC(=O)Nc2nc3c(C)c(C)ccc3s2)c1. The Hall–Kier alpha value is -2.60. The van der Waals surface area contributed by atoms with Crippen LogP contribution in [-0.2, 0) is 0 Å².